The van der Waals surface area contributed by atoms with Gasteiger partial charge in [-0.1, -0.05) is 11.6 Å². The Morgan fingerprint density at radius 3 is 2.69 bits per heavy atom. The zero-order chi connectivity index (χ0) is 20.6. The third kappa shape index (κ3) is 4.81. The van der Waals surface area contributed by atoms with Gasteiger partial charge in [-0.05, 0) is 24.3 Å². The molecule has 3 heterocycles. The van der Waals surface area contributed by atoms with Gasteiger partial charge in [0.1, 0.15) is 5.01 Å². The number of nitrogens with one attached hydrogen (secondary N) is 1. The molecule has 0 atom stereocenters. The summed E-state index contributed by atoms with van der Waals surface area (Å²) in [6.07, 6.45) is 1.63. The van der Waals surface area contributed by atoms with Crippen molar-refractivity contribution in [1.82, 2.24) is 19.9 Å². The molecule has 152 valence electrons. The van der Waals surface area contributed by atoms with Crippen LogP contribution >= 0.6 is 34.3 Å². The number of rotatable bonds is 7. The van der Waals surface area contributed by atoms with Gasteiger partial charge in [-0.2, -0.15) is 0 Å². The molecule has 0 aliphatic heterocycles. The van der Waals surface area contributed by atoms with Crippen molar-refractivity contribution in [2.24, 2.45) is 0 Å². The molecule has 7 nitrogen and oxygen atoms in total. The lowest BCUT2D eigenvalue weighted by molar-refractivity contribution is 0.456. The molecule has 0 saturated heterocycles. The second-order valence-corrected chi connectivity index (χ2v) is 10.8. The molecule has 1 N–H and O–H groups in total. The van der Waals surface area contributed by atoms with Gasteiger partial charge in [-0.15, -0.1) is 32.9 Å². The molecule has 1 aromatic carbocycles. The highest BCUT2D eigenvalue weighted by atomic mass is 35.5. The minimum Gasteiger partial charge on any atom is -0.425 e. The van der Waals surface area contributed by atoms with Crippen LogP contribution in [0.15, 0.2) is 28.7 Å². The quantitative estimate of drug-likeness (QED) is 0.438. The van der Waals surface area contributed by atoms with Crippen molar-refractivity contribution in [3.05, 3.63) is 51.2 Å². The highest BCUT2D eigenvalue weighted by Crippen LogP contribution is 2.37. The van der Waals surface area contributed by atoms with E-state index in [0.29, 0.717) is 36.9 Å². The third-order valence-corrected chi connectivity index (χ3v) is 6.95. The number of fused-ring (bicyclic) bond motifs is 1. The van der Waals surface area contributed by atoms with Gasteiger partial charge in [0.2, 0.25) is 21.8 Å². The van der Waals surface area contributed by atoms with Crippen LogP contribution in [0.4, 0.5) is 4.39 Å². The molecule has 0 aliphatic rings. The van der Waals surface area contributed by atoms with Crippen molar-refractivity contribution in [3.8, 4) is 10.4 Å². The van der Waals surface area contributed by atoms with Crippen LogP contribution in [-0.2, 0) is 22.9 Å². The normalized spacial score (nSPS) is 12.1. The van der Waals surface area contributed by atoms with E-state index >= 15 is 0 Å². The molecule has 0 aliphatic carbocycles. The molecule has 0 radical (unpaired) electrons. The average Bonchev–Trinajstić information content (AvgIpc) is 3.35. The largest absolute Gasteiger partial charge is 0.425 e. The molecule has 0 unspecified atom stereocenters. The maximum absolute atomic E-state index is 15.0. The summed E-state index contributed by atoms with van der Waals surface area (Å²) in [6.45, 7) is 0.169. The van der Waals surface area contributed by atoms with Crippen LogP contribution in [0.1, 0.15) is 16.8 Å². The molecular weight excluding hydrogens is 459 g/mol. The lowest BCUT2D eigenvalue weighted by Gasteiger charge is -2.00. The van der Waals surface area contributed by atoms with E-state index in [2.05, 4.69) is 19.9 Å². The molecule has 0 amide bonds. The zero-order valence-corrected chi connectivity index (χ0v) is 18.2. The zero-order valence-electron chi connectivity index (χ0n) is 15.0. The Balaban J connectivity index is 1.51. The number of benzene rings is 1. The molecule has 0 saturated carbocycles. The predicted octanol–water partition coefficient (Wildman–Crippen LogP) is 3.88. The van der Waals surface area contributed by atoms with Crippen LogP contribution in [0.2, 0.25) is 4.34 Å². The Morgan fingerprint density at radius 1 is 1.17 bits per heavy atom. The Bertz CT molecular complexity index is 1280. The summed E-state index contributed by atoms with van der Waals surface area (Å²) >= 11 is 8.51. The summed E-state index contributed by atoms with van der Waals surface area (Å²) in [7, 11) is -3.27. The number of hydrogen-bond donors (Lipinski definition) is 1. The van der Waals surface area contributed by atoms with Crippen LogP contribution in [0, 0.1) is 5.82 Å². The number of halogens is 2. The van der Waals surface area contributed by atoms with Crippen LogP contribution in [-0.4, -0.2) is 36.4 Å². The summed E-state index contributed by atoms with van der Waals surface area (Å²) in [5, 5.41) is 8.50. The van der Waals surface area contributed by atoms with E-state index in [4.69, 9.17) is 16.0 Å². The summed E-state index contributed by atoms with van der Waals surface area (Å²) in [5.41, 5.74) is 1.05. The van der Waals surface area contributed by atoms with Gasteiger partial charge in [0.15, 0.2) is 5.82 Å². The topological polar surface area (TPSA) is 98.0 Å². The van der Waals surface area contributed by atoms with Crippen molar-refractivity contribution < 1.29 is 17.2 Å². The van der Waals surface area contributed by atoms with Crippen molar-refractivity contribution in [3.63, 3.8) is 0 Å². The molecule has 12 heteroatoms. The summed E-state index contributed by atoms with van der Waals surface area (Å²) in [6, 6.07) is 7.00. The molecular formula is C17H14ClFN4O3S3. The number of nitrogens with zero attached hydrogens (tertiary/aromatic N) is 3. The first-order valence-electron chi connectivity index (χ1n) is 8.38. The highest BCUT2D eigenvalue weighted by molar-refractivity contribution is 7.88. The fourth-order valence-electron chi connectivity index (χ4n) is 2.66. The number of aromatic nitrogens is 3. The molecule has 4 aromatic rings. The molecule has 3 aromatic heterocycles. The van der Waals surface area contributed by atoms with E-state index in [9.17, 15) is 12.8 Å². The first-order valence-corrected chi connectivity index (χ1v) is 12.3. The van der Waals surface area contributed by atoms with Gasteiger partial charge >= 0.3 is 0 Å². The first kappa shape index (κ1) is 20.4. The minimum absolute atomic E-state index is 0.169. The van der Waals surface area contributed by atoms with Crippen molar-refractivity contribution >= 4 is 54.5 Å². The maximum Gasteiger partial charge on any atom is 0.223 e. The number of hydrogen-bond acceptors (Lipinski definition) is 8. The smallest absolute Gasteiger partial charge is 0.223 e. The lowest BCUT2D eigenvalue weighted by atomic mass is 10.1. The minimum atomic E-state index is -3.27. The summed E-state index contributed by atoms with van der Waals surface area (Å²) in [5.74, 6) is 0.326. The lowest BCUT2D eigenvalue weighted by Crippen LogP contribution is -2.24. The average molecular weight is 473 g/mol. The fourth-order valence-corrected chi connectivity index (χ4v) is 5.19. The van der Waals surface area contributed by atoms with Crippen LogP contribution in [0.3, 0.4) is 0 Å². The summed E-state index contributed by atoms with van der Waals surface area (Å²) in [4.78, 5) is 5.21. The molecule has 0 spiro atoms. The summed E-state index contributed by atoms with van der Waals surface area (Å²) < 4.78 is 46.1. The van der Waals surface area contributed by atoms with Gasteiger partial charge in [0.25, 0.3) is 0 Å². The number of thiophene rings is 1. The van der Waals surface area contributed by atoms with E-state index in [1.807, 2.05) is 0 Å². The van der Waals surface area contributed by atoms with E-state index < -0.39 is 10.0 Å². The Hall–Kier alpha value is -1.92. The monoisotopic (exact) mass is 472 g/mol. The van der Waals surface area contributed by atoms with Crippen LogP contribution in [0.5, 0.6) is 0 Å². The highest BCUT2D eigenvalue weighted by Gasteiger charge is 2.17. The van der Waals surface area contributed by atoms with Gasteiger partial charge in [-0.3, -0.25) is 0 Å². The van der Waals surface area contributed by atoms with Gasteiger partial charge in [-0.25, -0.2) is 22.5 Å². The van der Waals surface area contributed by atoms with E-state index in [0.717, 1.165) is 11.1 Å². The number of thiazole rings is 1. The fraction of sp³-hybridized carbons (Fsp3) is 0.235. The van der Waals surface area contributed by atoms with Crippen molar-refractivity contribution in [2.45, 2.75) is 12.8 Å². The predicted molar refractivity (Wildman–Crippen MR) is 112 cm³/mol. The second kappa shape index (κ2) is 8.07. The van der Waals surface area contributed by atoms with E-state index in [1.54, 1.807) is 24.3 Å². The van der Waals surface area contributed by atoms with Gasteiger partial charge in [0.05, 0.1) is 27.2 Å². The standard InChI is InChI=1S/C17H14ClFN4O3S3/c1-29(24,25)20-7-6-13-22-23-14(26-13)8-15-21-10-3-2-9(16(19)17(10)28-15)11-4-5-12(18)27-11/h2-5,20H,6-8H2,1H3. The van der Waals surface area contributed by atoms with Crippen LogP contribution < -0.4 is 4.72 Å². The molecule has 0 fully saturated rings. The molecule has 29 heavy (non-hydrogen) atoms. The maximum atomic E-state index is 15.0. The van der Waals surface area contributed by atoms with Gasteiger partial charge in [0, 0.05) is 23.4 Å². The third-order valence-electron chi connectivity index (χ3n) is 3.89. The van der Waals surface area contributed by atoms with E-state index in [-0.39, 0.29) is 25.2 Å². The molecule has 4 rings (SSSR count). The van der Waals surface area contributed by atoms with Crippen molar-refractivity contribution in [2.75, 3.05) is 12.8 Å². The Kier molecular flexibility index (Phi) is 5.67. The number of sulfonamides is 1. The SMILES string of the molecule is CS(=O)(=O)NCCc1nnc(Cc2nc3ccc(-c4ccc(Cl)s4)c(F)c3s2)o1. The van der Waals surface area contributed by atoms with E-state index in [1.165, 1.54) is 22.7 Å². The Morgan fingerprint density at radius 2 is 1.97 bits per heavy atom. The van der Waals surface area contributed by atoms with Crippen molar-refractivity contribution in [1.29, 1.82) is 0 Å². The van der Waals surface area contributed by atoms with Crippen LogP contribution in [0.25, 0.3) is 20.7 Å². The van der Waals surface area contributed by atoms with Gasteiger partial charge < -0.3 is 4.42 Å². The first-order chi connectivity index (χ1) is 13.8. The second-order valence-electron chi connectivity index (χ2n) is 6.17. The molecule has 0 bridgehead atoms. The Labute approximate surface area is 178 Å².